The molecule has 2 aromatic rings. The molecule has 0 saturated heterocycles. The van der Waals surface area contributed by atoms with Crippen LogP contribution in [0.1, 0.15) is 18.3 Å². The fourth-order valence-electron chi connectivity index (χ4n) is 1.76. The van der Waals surface area contributed by atoms with E-state index in [2.05, 4.69) is 14.9 Å². The highest BCUT2D eigenvalue weighted by atomic mass is 32.2. The Labute approximate surface area is 121 Å². The number of aryl methyl sites for hydroxylation is 1. The Hall–Kier alpha value is -1.84. The first-order valence-corrected chi connectivity index (χ1v) is 7.72. The van der Waals surface area contributed by atoms with Crippen LogP contribution in [0.4, 0.5) is 4.39 Å². The van der Waals surface area contributed by atoms with Gasteiger partial charge in [0.2, 0.25) is 10.0 Å². The summed E-state index contributed by atoms with van der Waals surface area (Å²) < 4.78 is 41.6. The van der Waals surface area contributed by atoms with E-state index in [0.717, 1.165) is 18.2 Å². The van der Waals surface area contributed by atoms with E-state index in [-0.39, 0.29) is 17.0 Å². The lowest BCUT2D eigenvalue weighted by molar-refractivity contribution is 0.275. The summed E-state index contributed by atoms with van der Waals surface area (Å²) in [5, 5.41) is 16.5. The molecule has 1 aromatic carbocycles. The fraction of sp³-hybridized carbons (Fsp3) is 0.333. The lowest BCUT2D eigenvalue weighted by Crippen LogP contribution is -2.25. The molecular formula is C12H15FN4O3S. The fourth-order valence-corrected chi connectivity index (χ4v) is 2.79. The molecule has 114 valence electrons. The molecule has 0 saturated carbocycles. The van der Waals surface area contributed by atoms with E-state index >= 15 is 0 Å². The molecule has 0 atom stereocenters. The Balaban J connectivity index is 2.19. The lowest BCUT2D eigenvalue weighted by Gasteiger charge is -2.08. The van der Waals surface area contributed by atoms with Crippen molar-refractivity contribution in [3.05, 3.63) is 41.7 Å². The summed E-state index contributed by atoms with van der Waals surface area (Å²) in [6.45, 7) is 1.91. The van der Waals surface area contributed by atoms with E-state index in [4.69, 9.17) is 5.11 Å². The van der Waals surface area contributed by atoms with Gasteiger partial charge in [0.25, 0.3) is 0 Å². The molecule has 0 aliphatic rings. The number of benzene rings is 1. The maximum atomic E-state index is 13.3. The average molecular weight is 314 g/mol. The summed E-state index contributed by atoms with van der Waals surface area (Å²) in [5.74, 6) is -0.173. The van der Waals surface area contributed by atoms with Crippen LogP contribution in [0.3, 0.4) is 0 Å². The van der Waals surface area contributed by atoms with E-state index in [1.54, 1.807) is 4.57 Å². The van der Waals surface area contributed by atoms with Crippen molar-refractivity contribution in [3.63, 3.8) is 0 Å². The van der Waals surface area contributed by atoms with Crippen molar-refractivity contribution in [2.45, 2.75) is 31.5 Å². The Kier molecular flexibility index (Phi) is 4.66. The highest BCUT2D eigenvalue weighted by Gasteiger charge is 2.17. The van der Waals surface area contributed by atoms with Gasteiger partial charge in [-0.1, -0.05) is 0 Å². The first-order valence-electron chi connectivity index (χ1n) is 6.23. The second kappa shape index (κ2) is 6.29. The van der Waals surface area contributed by atoms with Gasteiger partial charge in [0.05, 0.1) is 18.0 Å². The van der Waals surface area contributed by atoms with Crippen molar-refractivity contribution < 1.29 is 17.9 Å². The number of hydrogen-bond acceptors (Lipinski definition) is 5. The van der Waals surface area contributed by atoms with Crippen LogP contribution in [0.15, 0.2) is 29.4 Å². The van der Waals surface area contributed by atoms with Crippen molar-refractivity contribution in [1.29, 1.82) is 0 Å². The van der Waals surface area contributed by atoms with Gasteiger partial charge in [0.1, 0.15) is 18.0 Å². The van der Waals surface area contributed by atoms with Crippen LogP contribution in [0.25, 0.3) is 0 Å². The predicted molar refractivity (Wildman–Crippen MR) is 72.0 cm³/mol. The van der Waals surface area contributed by atoms with Gasteiger partial charge in [-0.25, -0.2) is 17.5 Å². The molecule has 2 N–H and O–H groups in total. The number of aliphatic hydroxyl groups is 1. The van der Waals surface area contributed by atoms with Gasteiger partial charge < -0.3 is 9.67 Å². The molecule has 0 bridgehead atoms. The standard InChI is InChI=1S/C12H15FN4O3S/c1-2-17-8-14-16-12(17)6-15-21(19,20)10-3-4-11(13)9(5-10)7-18/h3-5,8,15,18H,2,6-7H2,1H3. The van der Waals surface area contributed by atoms with Crippen LogP contribution < -0.4 is 4.72 Å². The molecule has 9 heteroatoms. The quantitative estimate of drug-likeness (QED) is 0.805. The van der Waals surface area contributed by atoms with E-state index in [0.29, 0.717) is 12.4 Å². The number of aromatic nitrogens is 3. The largest absolute Gasteiger partial charge is 0.392 e. The van der Waals surface area contributed by atoms with Gasteiger partial charge in [-0.15, -0.1) is 10.2 Å². The highest BCUT2D eigenvalue weighted by molar-refractivity contribution is 7.89. The maximum absolute atomic E-state index is 13.3. The van der Waals surface area contributed by atoms with Crippen molar-refractivity contribution in [2.75, 3.05) is 0 Å². The van der Waals surface area contributed by atoms with Gasteiger partial charge >= 0.3 is 0 Å². The summed E-state index contributed by atoms with van der Waals surface area (Å²) in [4.78, 5) is -0.115. The van der Waals surface area contributed by atoms with Gasteiger partial charge in [-0.05, 0) is 25.1 Å². The molecule has 0 aliphatic carbocycles. The predicted octanol–water partition coefficient (Wildman–Crippen LogP) is 0.408. The minimum absolute atomic E-state index is 0.0258. The van der Waals surface area contributed by atoms with Gasteiger partial charge in [-0.2, -0.15) is 0 Å². The maximum Gasteiger partial charge on any atom is 0.240 e. The summed E-state index contributed by atoms with van der Waals surface area (Å²) >= 11 is 0. The summed E-state index contributed by atoms with van der Waals surface area (Å²) in [6, 6.07) is 3.25. The topological polar surface area (TPSA) is 97.1 Å². The molecular weight excluding hydrogens is 299 g/mol. The molecule has 0 aliphatic heterocycles. The van der Waals surface area contributed by atoms with E-state index < -0.39 is 22.4 Å². The van der Waals surface area contributed by atoms with Crippen molar-refractivity contribution in [1.82, 2.24) is 19.5 Å². The Morgan fingerprint density at radius 2 is 2.19 bits per heavy atom. The lowest BCUT2D eigenvalue weighted by atomic mass is 10.2. The first kappa shape index (κ1) is 15.5. The number of hydrogen-bond donors (Lipinski definition) is 2. The zero-order valence-corrected chi connectivity index (χ0v) is 12.1. The molecule has 0 fully saturated rings. The Morgan fingerprint density at radius 1 is 1.43 bits per heavy atom. The van der Waals surface area contributed by atoms with Crippen LogP contribution in [0, 0.1) is 5.82 Å². The molecule has 21 heavy (non-hydrogen) atoms. The number of sulfonamides is 1. The van der Waals surface area contributed by atoms with E-state index in [1.807, 2.05) is 6.92 Å². The van der Waals surface area contributed by atoms with Crippen molar-refractivity contribution >= 4 is 10.0 Å². The van der Waals surface area contributed by atoms with Crippen LogP contribution >= 0.6 is 0 Å². The SMILES string of the molecule is CCn1cnnc1CNS(=O)(=O)c1ccc(F)c(CO)c1. The first-order chi connectivity index (χ1) is 9.97. The van der Waals surface area contributed by atoms with Crippen LogP contribution in [-0.4, -0.2) is 28.3 Å². The third kappa shape index (κ3) is 3.43. The Morgan fingerprint density at radius 3 is 2.86 bits per heavy atom. The summed E-state index contributed by atoms with van der Waals surface area (Å²) in [6.07, 6.45) is 1.51. The average Bonchev–Trinajstić information content (AvgIpc) is 2.93. The second-order valence-electron chi connectivity index (χ2n) is 4.27. The third-order valence-corrected chi connectivity index (χ3v) is 4.35. The molecule has 7 nitrogen and oxygen atoms in total. The summed E-state index contributed by atoms with van der Waals surface area (Å²) in [5.41, 5.74) is -0.0744. The smallest absolute Gasteiger partial charge is 0.240 e. The summed E-state index contributed by atoms with van der Waals surface area (Å²) in [7, 11) is -3.82. The van der Waals surface area contributed by atoms with Crippen molar-refractivity contribution in [3.8, 4) is 0 Å². The monoisotopic (exact) mass is 314 g/mol. The number of nitrogens with zero attached hydrogens (tertiary/aromatic N) is 3. The molecule has 0 amide bonds. The van der Waals surface area contributed by atoms with Crippen LogP contribution in [-0.2, 0) is 29.7 Å². The number of nitrogens with one attached hydrogen (secondary N) is 1. The van der Waals surface area contributed by atoms with E-state index in [9.17, 15) is 12.8 Å². The second-order valence-corrected chi connectivity index (χ2v) is 6.04. The number of rotatable bonds is 6. The van der Waals surface area contributed by atoms with E-state index in [1.165, 1.54) is 6.33 Å². The molecule has 2 rings (SSSR count). The van der Waals surface area contributed by atoms with Crippen molar-refractivity contribution in [2.24, 2.45) is 0 Å². The third-order valence-electron chi connectivity index (χ3n) is 2.95. The van der Waals surface area contributed by atoms with Gasteiger partial charge in [0, 0.05) is 12.1 Å². The molecule has 1 aromatic heterocycles. The minimum Gasteiger partial charge on any atom is -0.392 e. The molecule has 1 heterocycles. The minimum atomic E-state index is -3.82. The molecule has 0 radical (unpaired) electrons. The highest BCUT2D eigenvalue weighted by Crippen LogP contribution is 2.15. The molecule has 0 spiro atoms. The molecule has 0 unspecified atom stereocenters. The zero-order chi connectivity index (χ0) is 15.5. The van der Waals surface area contributed by atoms with Gasteiger partial charge in [0.15, 0.2) is 0 Å². The van der Waals surface area contributed by atoms with Crippen LogP contribution in [0.2, 0.25) is 0 Å². The van der Waals surface area contributed by atoms with Crippen LogP contribution in [0.5, 0.6) is 0 Å². The zero-order valence-electron chi connectivity index (χ0n) is 11.3. The number of halogens is 1. The normalized spacial score (nSPS) is 11.8. The number of aliphatic hydroxyl groups excluding tert-OH is 1. The van der Waals surface area contributed by atoms with Gasteiger partial charge in [-0.3, -0.25) is 0 Å². The Bertz CT molecular complexity index is 730.